The Labute approximate surface area is 200 Å². The van der Waals surface area contributed by atoms with E-state index in [4.69, 9.17) is 15.3 Å². The molecule has 7 heteroatoms. The fraction of sp³-hybridized carbons (Fsp3) is 0.296. The number of nitrogens with two attached hydrogens (primary N) is 1. The molecule has 0 bridgehead atoms. The summed E-state index contributed by atoms with van der Waals surface area (Å²) < 4.78 is 4.97. The molecule has 0 aliphatic heterocycles. The van der Waals surface area contributed by atoms with Gasteiger partial charge in [-0.2, -0.15) is 0 Å². The van der Waals surface area contributed by atoms with Crippen molar-refractivity contribution >= 4 is 17.6 Å². The Morgan fingerprint density at radius 3 is 2.68 bits per heavy atom. The van der Waals surface area contributed by atoms with Crippen LogP contribution in [-0.2, 0) is 20.8 Å². The number of nitrogens with one attached hydrogen (secondary N) is 1. The fourth-order valence-electron chi connectivity index (χ4n) is 4.34. The van der Waals surface area contributed by atoms with E-state index in [0.717, 1.165) is 22.6 Å². The lowest BCUT2D eigenvalue weighted by atomic mass is 9.82. The molecule has 2 aromatic carbocycles. The van der Waals surface area contributed by atoms with E-state index in [1.807, 2.05) is 25.1 Å². The minimum Gasteiger partial charge on any atom is -0.466 e. The van der Waals surface area contributed by atoms with E-state index in [1.54, 1.807) is 6.92 Å². The number of hydrogen-bond acceptors (Lipinski definition) is 7. The zero-order chi connectivity index (χ0) is 23.9. The number of carbonyl (C=O) groups excluding carboxylic acids is 1. The van der Waals surface area contributed by atoms with Gasteiger partial charge in [-0.3, -0.25) is 15.1 Å². The van der Waals surface area contributed by atoms with Crippen molar-refractivity contribution in [2.24, 2.45) is 0 Å². The summed E-state index contributed by atoms with van der Waals surface area (Å²) >= 11 is 0. The second-order valence-corrected chi connectivity index (χ2v) is 8.19. The number of ether oxygens (including phenoxy) is 1. The molecule has 1 unspecified atom stereocenters. The first-order valence-electron chi connectivity index (χ1n) is 11.6. The van der Waals surface area contributed by atoms with E-state index in [1.165, 1.54) is 16.7 Å². The number of rotatable bonds is 9. The number of fused-ring (bicyclic) bond motifs is 1. The SMILES string of the molecule is CCOC(=O)CCCONC1=CC(c2ccccc2-c2ccccc2)Cc2nc(N)nc(C)c21. The summed E-state index contributed by atoms with van der Waals surface area (Å²) in [4.78, 5) is 26.2. The second-order valence-electron chi connectivity index (χ2n) is 8.19. The van der Waals surface area contributed by atoms with Gasteiger partial charge < -0.3 is 10.5 Å². The van der Waals surface area contributed by atoms with Gasteiger partial charge in [0.2, 0.25) is 5.95 Å². The smallest absolute Gasteiger partial charge is 0.305 e. The number of esters is 1. The van der Waals surface area contributed by atoms with Crippen LogP contribution in [0.3, 0.4) is 0 Å². The van der Waals surface area contributed by atoms with Crippen molar-refractivity contribution in [3.8, 4) is 11.1 Å². The first-order chi connectivity index (χ1) is 16.6. The standard InChI is InChI=1S/C27H30N4O3/c1-3-33-25(32)14-9-15-34-31-24-17-20(16-23-26(24)18(2)29-27(28)30-23)22-13-8-7-12-21(22)19-10-5-4-6-11-19/h4-8,10-13,17,20,31H,3,9,14-16H2,1-2H3,(H2,28,29,30). The quantitative estimate of drug-likeness (QED) is 0.275. The van der Waals surface area contributed by atoms with Gasteiger partial charge in [-0.15, -0.1) is 0 Å². The molecule has 0 saturated heterocycles. The lowest BCUT2D eigenvalue weighted by molar-refractivity contribution is -0.143. The molecule has 4 rings (SSSR count). The number of hydroxylamine groups is 1. The molecule has 3 N–H and O–H groups in total. The van der Waals surface area contributed by atoms with Crippen LogP contribution in [0.25, 0.3) is 16.8 Å². The lowest BCUT2D eigenvalue weighted by Gasteiger charge is -2.27. The summed E-state index contributed by atoms with van der Waals surface area (Å²) in [5.41, 5.74) is 16.0. The average molecular weight is 459 g/mol. The van der Waals surface area contributed by atoms with E-state index < -0.39 is 0 Å². The van der Waals surface area contributed by atoms with Gasteiger partial charge in [0, 0.05) is 24.3 Å². The minimum atomic E-state index is -0.217. The first-order valence-corrected chi connectivity index (χ1v) is 11.6. The summed E-state index contributed by atoms with van der Waals surface area (Å²) in [7, 11) is 0. The van der Waals surface area contributed by atoms with Crippen LogP contribution < -0.4 is 11.2 Å². The first kappa shape index (κ1) is 23.4. The molecule has 1 aliphatic rings. The van der Waals surface area contributed by atoms with E-state index in [9.17, 15) is 4.79 Å². The highest BCUT2D eigenvalue weighted by Gasteiger charge is 2.26. The van der Waals surface area contributed by atoms with E-state index in [-0.39, 0.29) is 17.8 Å². The van der Waals surface area contributed by atoms with Crippen LogP contribution in [0.5, 0.6) is 0 Å². The van der Waals surface area contributed by atoms with Gasteiger partial charge >= 0.3 is 5.97 Å². The molecule has 176 valence electrons. The zero-order valence-electron chi connectivity index (χ0n) is 19.6. The highest BCUT2D eigenvalue weighted by molar-refractivity contribution is 5.74. The number of aromatic nitrogens is 2. The summed E-state index contributed by atoms with van der Waals surface area (Å²) in [5, 5.41) is 0. The van der Waals surface area contributed by atoms with Gasteiger partial charge in [-0.1, -0.05) is 60.7 Å². The third-order valence-electron chi connectivity index (χ3n) is 5.79. The minimum absolute atomic E-state index is 0.0724. The largest absolute Gasteiger partial charge is 0.466 e. The summed E-state index contributed by atoms with van der Waals surface area (Å²) in [6.45, 7) is 4.47. The van der Waals surface area contributed by atoms with Crippen LogP contribution in [0.2, 0.25) is 0 Å². The monoisotopic (exact) mass is 458 g/mol. The van der Waals surface area contributed by atoms with Gasteiger partial charge in [0.05, 0.1) is 30.3 Å². The van der Waals surface area contributed by atoms with Crippen LogP contribution in [-0.4, -0.2) is 29.2 Å². The number of anilines is 1. The van der Waals surface area contributed by atoms with Crippen LogP contribution in [0.1, 0.15) is 48.2 Å². The molecule has 1 aromatic heterocycles. The number of hydrogen-bond donors (Lipinski definition) is 2. The van der Waals surface area contributed by atoms with Crippen molar-refractivity contribution in [2.45, 2.75) is 39.0 Å². The van der Waals surface area contributed by atoms with E-state index >= 15 is 0 Å². The van der Waals surface area contributed by atoms with E-state index in [0.29, 0.717) is 32.5 Å². The number of nitrogens with zero attached hydrogens (tertiary/aromatic N) is 2. The maximum Gasteiger partial charge on any atom is 0.305 e. The molecule has 0 amide bonds. The van der Waals surface area contributed by atoms with Crippen molar-refractivity contribution < 1.29 is 14.4 Å². The Bertz CT molecular complexity index is 1180. The highest BCUT2D eigenvalue weighted by Crippen LogP contribution is 2.38. The second kappa shape index (κ2) is 10.9. The van der Waals surface area contributed by atoms with Crippen LogP contribution in [0, 0.1) is 6.92 Å². The van der Waals surface area contributed by atoms with Crippen LogP contribution >= 0.6 is 0 Å². The van der Waals surface area contributed by atoms with Gasteiger partial charge in [-0.05, 0) is 37.0 Å². The number of benzene rings is 2. The van der Waals surface area contributed by atoms with E-state index in [2.05, 4.69) is 57.9 Å². The van der Waals surface area contributed by atoms with Crippen molar-refractivity contribution in [1.82, 2.24) is 15.4 Å². The molecule has 3 aromatic rings. The molecule has 1 atom stereocenters. The molecule has 7 nitrogen and oxygen atoms in total. The molecule has 0 spiro atoms. The third kappa shape index (κ3) is 5.43. The molecular formula is C27H30N4O3. The van der Waals surface area contributed by atoms with Crippen LogP contribution in [0.4, 0.5) is 5.95 Å². The van der Waals surface area contributed by atoms with Crippen LogP contribution in [0.15, 0.2) is 60.7 Å². The Hall–Kier alpha value is -3.71. The van der Waals surface area contributed by atoms with Crippen molar-refractivity contribution in [2.75, 3.05) is 18.9 Å². The molecule has 1 aliphatic carbocycles. The Morgan fingerprint density at radius 1 is 1.12 bits per heavy atom. The number of carbonyl (C=O) groups is 1. The summed E-state index contributed by atoms with van der Waals surface area (Å²) in [6.07, 6.45) is 3.75. The maximum absolute atomic E-state index is 11.6. The predicted octanol–water partition coefficient (Wildman–Crippen LogP) is 4.58. The van der Waals surface area contributed by atoms with Gasteiger partial charge in [-0.25, -0.2) is 9.97 Å². The topological polar surface area (TPSA) is 99.4 Å². The zero-order valence-corrected chi connectivity index (χ0v) is 19.6. The predicted molar refractivity (Wildman–Crippen MR) is 132 cm³/mol. The average Bonchev–Trinajstić information content (AvgIpc) is 2.84. The van der Waals surface area contributed by atoms with Gasteiger partial charge in [0.1, 0.15) is 0 Å². The number of allylic oxidation sites excluding steroid dienone is 1. The Balaban J connectivity index is 1.60. The number of aryl methyl sites for hydroxylation is 1. The number of nitrogen functional groups attached to an aromatic ring is 1. The Morgan fingerprint density at radius 2 is 1.88 bits per heavy atom. The molecular weight excluding hydrogens is 428 g/mol. The molecule has 34 heavy (non-hydrogen) atoms. The third-order valence-corrected chi connectivity index (χ3v) is 5.79. The highest BCUT2D eigenvalue weighted by atomic mass is 16.6. The molecule has 0 radical (unpaired) electrons. The summed E-state index contributed by atoms with van der Waals surface area (Å²) in [5.74, 6) is 0.122. The fourth-order valence-corrected chi connectivity index (χ4v) is 4.34. The normalized spacial score (nSPS) is 14.8. The molecule has 0 fully saturated rings. The lowest BCUT2D eigenvalue weighted by Crippen LogP contribution is -2.23. The summed E-state index contributed by atoms with van der Waals surface area (Å²) in [6, 6.07) is 18.8. The Kier molecular flexibility index (Phi) is 7.54. The van der Waals surface area contributed by atoms with Gasteiger partial charge in [0.25, 0.3) is 0 Å². The van der Waals surface area contributed by atoms with Crippen molar-refractivity contribution in [1.29, 1.82) is 0 Å². The van der Waals surface area contributed by atoms with Crippen molar-refractivity contribution in [3.63, 3.8) is 0 Å². The molecule has 0 saturated carbocycles. The van der Waals surface area contributed by atoms with Crippen molar-refractivity contribution in [3.05, 3.63) is 83.2 Å². The maximum atomic E-state index is 11.6. The van der Waals surface area contributed by atoms with Gasteiger partial charge in [0.15, 0.2) is 0 Å². The molecule has 1 heterocycles.